The quantitative estimate of drug-likeness (QED) is 0.312. The minimum Gasteiger partial charge on any atom is -0.388 e. The monoisotopic (exact) mass is 492 g/mol. The minimum absolute atomic E-state index is 0. The first-order valence-electron chi connectivity index (χ1n) is 11.2. The number of aliphatic hydroxyl groups is 1. The number of halogens is 1. The molecule has 3 aliphatic rings. The van der Waals surface area contributed by atoms with Crippen LogP contribution in [0.4, 0.5) is 0 Å². The molecule has 1 heterocycles. The molecule has 2 saturated carbocycles. The third kappa shape index (κ3) is 7.35. The highest BCUT2D eigenvalue weighted by Crippen LogP contribution is 2.28. The molecule has 0 aromatic heterocycles. The van der Waals surface area contributed by atoms with E-state index < -0.39 is 5.60 Å². The molecule has 3 rings (SSSR count). The zero-order valence-electron chi connectivity index (χ0n) is 17.2. The molecule has 0 unspecified atom stereocenters. The number of hydrogen-bond acceptors (Lipinski definition) is 3. The number of nitrogens with one attached hydrogen (secondary N) is 2. The van der Waals surface area contributed by atoms with Gasteiger partial charge in [-0.15, -0.1) is 24.0 Å². The molecule has 0 radical (unpaired) electrons. The molecule has 0 spiro atoms. The van der Waals surface area contributed by atoms with Crippen LogP contribution < -0.4 is 10.6 Å². The maximum atomic E-state index is 10.7. The second-order valence-corrected chi connectivity index (χ2v) is 8.73. The molecule has 27 heavy (non-hydrogen) atoms. The molecule has 158 valence electrons. The SMILES string of the molecule is CCNC(=NCC1(O)CCCCC1)NC1CCN(C2CCCCC2)CC1.I. The highest BCUT2D eigenvalue weighted by molar-refractivity contribution is 14.0. The lowest BCUT2D eigenvalue weighted by atomic mass is 9.85. The third-order valence-electron chi connectivity index (χ3n) is 6.62. The summed E-state index contributed by atoms with van der Waals surface area (Å²) in [5.74, 6) is 0.891. The predicted molar refractivity (Wildman–Crippen MR) is 124 cm³/mol. The van der Waals surface area contributed by atoms with Crippen LogP contribution in [0.1, 0.15) is 84.0 Å². The minimum atomic E-state index is -0.578. The molecule has 0 atom stereocenters. The predicted octanol–water partition coefficient (Wildman–Crippen LogP) is 3.65. The molecule has 6 heteroatoms. The van der Waals surface area contributed by atoms with Crippen molar-refractivity contribution < 1.29 is 5.11 Å². The van der Waals surface area contributed by atoms with Crippen molar-refractivity contribution in [2.75, 3.05) is 26.2 Å². The van der Waals surface area contributed by atoms with Crippen LogP contribution in [0, 0.1) is 0 Å². The molecule has 0 aromatic carbocycles. The van der Waals surface area contributed by atoms with Crippen LogP contribution in [0.2, 0.25) is 0 Å². The van der Waals surface area contributed by atoms with Gasteiger partial charge in [-0.1, -0.05) is 38.5 Å². The molecule has 3 fully saturated rings. The van der Waals surface area contributed by atoms with E-state index in [0.717, 1.165) is 44.2 Å². The zero-order chi connectivity index (χ0) is 18.2. The van der Waals surface area contributed by atoms with Crippen molar-refractivity contribution in [3.05, 3.63) is 0 Å². The molecule has 5 nitrogen and oxygen atoms in total. The summed E-state index contributed by atoms with van der Waals surface area (Å²) in [6.45, 7) is 5.93. The van der Waals surface area contributed by atoms with Gasteiger partial charge < -0.3 is 20.6 Å². The van der Waals surface area contributed by atoms with E-state index >= 15 is 0 Å². The standard InChI is InChI=1S/C21H40N4O.HI/c1-2-22-20(23-17-21(26)13-7-4-8-14-21)24-18-11-15-25(16-12-18)19-9-5-3-6-10-19;/h18-19,26H,2-17H2,1H3,(H2,22,23,24);1H. The maximum Gasteiger partial charge on any atom is 0.191 e. The fourth-order valence-corrected chi connectivity index (χ4v) is 4.96. The Morgan fingerprint density at radius 3 is 2.26 bits per heavy atom. The van der Waals surface area contributed by atoms with Gasteiger partial charge >= 0.3 is 0 Å². The first kappa shape index (κ1) is 23.2. The van der Waals surface area contributed by atoms with Crippen LogP contribution in [0.5, 0.6) is 0 Å². The topological polar surface area (TPSA) is 59.9 Å². The number of hydrogen-bond donors (Lipinski definition) is 3. The first-order valence-corrected chi connectivity index (χ1v) is 11.2. The Kier molecular flexibility index (Phi) is 10.1. The van der Waals surface area contributed by atoms with Gasteiger partial charge in [-0.05, 0) is 45.4 Å². The summed E-state index contributed by atoms with van der Waals surface area (Å²) in [6, 6.07) is 1.35. The molecule has 1 saturated heterocycles. The summed E-state index contributed by atoms with van der Waals surface area (Å²) in [6.07, 6.45) is 14.8. The number of guanidine groups is 1. The van der Waals surface area contributed by atoms with Crippen LogP contribution in [0.15, 0.2) is 4.99 Å². The van der Waals surface area contributed by atoms with Crippen LogP contribution >= 0.6 is 24.0 Å². The number of piperidine rings is 1. The maximum absolute atomic E-state index is 10.7. The average molecular weight is 492 g/mol. The first-order chi connectivity index (χ1) is 12.7. The average Bonchev–Trinajstić information content (AvgIpc) is 2.68. The van der Waals surface area contributed by atoms with Gasteiger partial charge in [-0.25, -0.2) is 0 Å². The van der Waals surface area contributed by atoms with Crippen molar-refractivity contribution in [2.45, 2.75) is 102 Å². The van der Waals surface area contributed by atoms with E-state index in [2.05, 4.69) is 22.5 Å². The van der Waals surface area contributed by atoms with Crippen LogP contribution in [0.25, 0.3) is 0 Å². The number of rotatable bonds is 5. The van der Waals surface area contributed by atoms with Crippen molar-refractivity contribution in [3.63, 3.8) is 0 Å². The fourth-order valence-electron chi connectivity index (χ4n) is 4.96. The second kappa shape index (κ2) is 11.8. The molecule has 0 bridgehead atoms. The van der Waals surface area contributed by atoms with E-state index in [1.54, 1.807) is 0 Å². The summed E-state index contributed by atoms with van der Waals surface area (Å²) in [4.78, 5) is 7.47. The van der Waals surface area contributed by atoms with E-state index in [0.29, 0.717) is 12.6 Å². The van der Waals surface area contributed by atoms with E-state index in [4.69, 9.17) is 4.99 Å². The lowest BCUT2D eigenvalue weighted by Crippen LogP contribution is -2.51. The van der Waals surface area contributed by atoms with Crippen LogP contribution in [0.3, 0.4) is 0 Å². The van der Waals surface area contributed by atoms with Crippen LogP contribution in [-0.2, 0) is 0 Å². The molecule has 1 aliphatic heterocycles. The Hall–Kier alpha value is -0.0800. The highest BCUT2D eigenvalue weighted by atomic mass is 127. The van der Waals surface area contributed by atoms with E-state index in [9.17, 15) is 5.11 Å². The summed E-state index contributed by atoms with van der Waals surface area (Å²) < 4.78 is 0. The number of likely N-dealkylation sites (tertiary alicyclic amines) is 1. The second-order valence-electron chi connectivity index (χ2n) is 8.73. The summed E-state index contributed by atoms with van der Waals surface area (Å²) in [5.41, 5.74) is -0.578. The van der Waals surface area contributed by atoms with Gasteiger partial charge in [0.05, 0.1) is 12.1 Å². The van der Waals surface area contributed by atoms with Crippen molar-refractivity contribution >= 4 is 29.9 Å². The van der Waals surface area contributed by atoms with Gasteiger partial charge in [-0.2, -0.15) is 0 Å². The van der Waals surface area contributed by atoms with Gasteiger partial charge in [-0.3, -0.25) is 4.99 Å². The largest absolute Gasteiger partial charge is 0.388 e. The summed E-state index contributed by atoms with van der Waals surface area (Å²) in [7, 11) is 0. The number of aliphatic imine (C=N–C) groups is 1. The Morgan fingerprint density at radius 2 is 1.63 bits per heavy atom. The Bertz CT molecular complexity index is 439. The van der Waals surface area contributed by atoms with Crippen molar-refractivity contribution in [1.82, 2.24) is 15.5 Å². The van der Waals surface area contributed by atoms with Gasteiger partial charge in [0.1, 0.15) is 0 Å². The zero-order valence-corrected chi connectivity index (χ0v) is 19.5. The molecule has 3 N–H and O–H groups in total. The Labute approximate surface area is 183 Å². The van der Waals surface area contributed by atoms with Gasteiger partial charge in [0, 0.05) is 31.7 Å². The van der Waals surface area contributed by atoms with Crippen molar-refractivity contribution in [1.29, 1.82) is 0 Å². The van der Waals surface area contributed by atoms with Gasteiger partial charge in [0.2, 0.25) is 0 Å². The lowest BCUT2D eigenvalue weighted by Gasteiger charge is -2.39. The molecular formula is C21H41IN4O. The summed E-state index contributed by atoms with van der Waals surface area (Å²) in [5, 5.41) is 17.7. The van der Waals surface area contributed by atoms with Crippen molar-refractivity contribution in [3.8, 4) is 0 Å². The highest BCUT2D eigenvalue weighted by Gasteiger charge is 2.29. The lowest BCUT2D eigenvalue weighted by molar-refractivity contribution is 0.0131. The van der Waals surface area contributed by atoms with E-state index in [1.807, 2.05) is 0 Å². The van der Waals surface area contributed by atoms with Crippen LogP contribution in [-0.4, -0.2) is 59.8 Å². The Balaban J connectivity index is 0.00000261. The van der Waals surface area contributed by atoms with E-state index in [-0.39, 0.29) is 24.0 Å². The van der Waals surface area contributed by atoms with Gasteiger partial charge in [0.25, 0.3) is 0 Å². The molecule has 2 aliphatic carbocycles. The third-order valence-corrected chi connectivity index (χ3v) is 6.62. The smallest absolute Gasteiger partial charge is 0.191 e. The number of nitrogens with zero attached hydrogens (tertiary/aromatic N) is 2. The summed E-state index contributed by atoms with van der Waals surface area (Å²) >= 11 is 0. The normalized spacial score (nSPS) is 25.6. The Morgan fingerprint density at radius 1 is 1.00 bits per heavy atom. The van der Waals surface area contributed by atoms with E-state index in [1.165, 1.54) is 64.5 Å². The van der Waals surface area contributed by atoms with Gasteiger partial charge in [0.15, 0.2) is 5.96 Å². The van der Waals surface area contributed by atoms with Crippen molar-refractivity contribution in [2.24, 2.45) is 4.99 Å². The molecule has 0 aromatic rings. The molecule has 0 amide bonds. The molecular weight excluding hydrogens is 451 g/mol. The fraction of sp³-hybridized carbons (Fsp3) is 0.952.